The predicted octanol–water partition coefficient (Wildman–Crippen LogP) is 4.65. The third-order valence-electron chi connectivity index (χ3n) is 10.6. The molecular formula is C28H38N4O2. The number of amides is 2. The summed E-state index contributed by atoms with van der Waals surface area (Å²) in [6.07, 6.45) is 17.5. The minimum absolute atomic E-state index is 0.0811. The van der Waals surface area contributed by atoms with Crippen molar-refractivity contribution in [2.24, 2.45) is 34.5 Å². The van der Waals surface area contributed by atoms with E-state index < -0.39 is 0 Å². The van der Waals surface area contributed by atoms with E-state index in [-0.39, 0.29) is 22.9 Å². The van der Waals surface area contributed by atoms with Crippen LogP contribution >= 0.6 is 0 Å². The van der Waals surface area contributed by atoms with Crippen molar-refractivity contribution in [2.75, 3.05) is 0 Å². The molecule has 8 fully saturated rings. The number of nitrogens with zero attached hydrogens (tertiary/aromatic N) is 2. The summed E-state index contributed by atoms with van der Waals surface area (Å²) < 4.78 is 0. The zero-order valence-corrected chi connectivity index (χ0v) is 20.7. The van der Waals surface area contributed by atoms with Crippen LogP contribution in [-0.2, 0) is 0 Å². The van der Waals surface area contributed by atoms with Crippen molar-refractivity contribution >= 4 is 11.8 Å². The van der Waals surface area contributed by atoms with E-state index in [1.54, 1.807) is 0 Å². The van der Waals surface area contributed by atoms with Crippen LogP contribution in [0.15, 0.2) is 12.4 Å². The van der Waals surface area contributed by atoms with Gasteiger partial charge in [-0.2, -0.15) is 0 Å². The van der Waals surface area contributed by atoms with Gasteiger partial charge in [-0.05, 0) is 112 Å². The first-order valence-electron chi connectivity index (χ1n) is 13.6. The molecule has 0 radical (unpaired) electrons. The number of hydrogen-bond acceptors (Lipinski definition) is 4. The van der Waals surface area contributed by atoms with E-state index in [0.29, 0.717) is 22.2 Å². The van der Waals surface area contributed by atoms with Crippen LogP contribution in [0, 0.1) is 34.5 Å². The van der Waals surface area contributed by atoms with E-state index in [1.807, 2.05) is 0 Å². The SMILES string of the molecule is CC12CC3CC(C1)CC(NC(=O)c1cnc(C(=O)NC45CC6CC(CC(C)(C6)C4)C5)cn1)(C3)C2. The van der Waals surface area contributed by atoms with Crippen LogP contribution < -0.4 is 10.6 Å². The smallest absolute Gasteiger partial charge is 0.271 e. The molecular weight excluding hydrogens is 424 g/mol. The third kappa shape index (κ3) is 3.42. The van der Waals surface area contributed by atoms with Crippen LogP contribution in [0.3, 0.4) is 0 Å². The number of nitrogens with one attached hydrogen (secondary N) is 2. The Morgan fingerprint density at radius 2 is 1.03 bits per heavy atom. The van der Waals surface area contributed by atoms with Gasteiger partial charge in [-0.1, -0.05) is 13.8 Å². The summed E-state index contributed by atoms with van der Waals surface area (Å²) in [7, 11) is 0. The zero-order chi connectivity index (χ0) is 23.3. The minimum Gasteiger partial charge on any atom is -0.345 e. The number of carbonyl (C=O) groups is 2. The second-order valence-corrected chi connectivity index (χ2v) is 14.3. The number of rotatable bonds is 4. The molecule has 8 saturated carbocycles. The van der Waals surface area contributed by atoms with E-state index in [0.717, 1.165) is 62.2 Å². The third-order valence-corrected chi connectivity index (χ3v) is 10.6. The monoisotopic (exact) mass is 462 g/mol. The zero-order valence-electron chi connectivity index (χ0n) is 20.7. The van der Waals surface area contributed by atoms with Gasteiger partial charge in [0, 0.05) is 11.1 Å². The molecule has 8 aliphatic carbocycles. The molecule has 4 unspecified atom stereocenters. The van der Waals surface area contributed by atoms with E-state index >= 15 is 0 Å². The highest BCUT2D eigenvalue weighted by Gasteiger charge is 2.57. The van der Waals surface area contributed by atoms with Crippen LogP contribution in [-0.4, -0.2) is 32.9 Å². The highest BCUT2D eigenvalue weighted by Crippen LogP contribution is 2.62. The molecule has 8 bridgehead atoms. The summed E-state index contributed by atoms with van der Waals surface area (Å²) in [6.45, 7) is 4.81. The van der Waals surface area contributed by atoms with Crippen molar-refractivity contribution in [2.45, 2.75) is 102 Å². The summed E-state index contributed by atoms with van der Waals surface area (Å²) in [5.41, 5.74) is 1.22. The molecule has 182 valence electrons. The topological polar surface area (TPSA) is 84.0 Å². The van der Waals surface area contributed by atoms with Gasteiger partial charge in [-0.15, -0.1) is 0 Å². The molecule has 9 rings (SSSR count). The molecule has 2 N–H and O–H groups in total. The minimum atomic E-state index is -0.140. The summed E-state index contributed by atoms with van der Waals surface area (Å²) >= 11 is 0. The standard InChI is InChI=1S/C28H38N4O2/c1-25-5-17-3-18(6-25)10-27(9-17,15-25)31-23(33)21-13-30-22(14-29-21)24(34)32-28-11-19-4-20(12-28)8-26(2,7-19)16-28/h13-14,17-20H,3-12,15-16H2,1-2H3,(H,31,33)(H,32,34). The lowest BCUT2D eigenvalue weighted by Crippen LogP contribution is -2.62. The maximum absolute atomic E-state index is 13.1. The molecule has 1 aromatic heterocycles. The lowest BCUT2D eigenvalue weighted by Gasteiger charge is -2.61. The summed E-state index contributed by atoms with van der Waals surface area (Å²) in [6, 6.07) is 0. The van der Waals surface area contributed by atoms with Crippen molar-refractivity contribution < 1.29 is 9.59 Å². The molecule has 6 nitrogen and oxygen atoms in total. The fourth-order valence-electron chi connectivity index (χ4n) is 10.9. The molecule has 4 atom stereocenters. The second-order valence-electron chi connectivity index (χ2n) is 14.3. The molecule has 6 heteroatoms. The van der Waals surface area contributed by atoms with Gasteiger partial charge in [-0.3, -0.25) is 9.59 Å². The Morgan fingerprint density at radius 3 is 1.32 bits per heavy atom. The van der Waals surface area contributed by atoms with Gasteiger partial charge in [0.15, 0.2) is 0 Å². The van der Waals surface area contributed by atoms with Gasteiger partial charge in [0.2, 0.25) is 0 Å². The number of aromatic nitrogens is 2. The Balaban J connectivity index is 1.04. The first-order valence-corrected chi connectivity index (χ1v) is 13.6. The van der Waals surface area contributed by atoms with Crippen molar-refractivity contribution in [3.05, 3.63) is 23.8 Å². The van der Waals surface area contributed by atoms with Gasteiger partial charge in [-0.25, -0.2) is 9.97 Å². The molecule has 8 aliphatic rings. The van der Waals surface area contributed by atoms with E-state index in [4.69, 9.17) is 0 Å². The molecule has 34 heavy (non-hydrogen) atoms. The Kier molecular flexibility index (Phi) is 4.28. The number of carbonyl (C=O) groups excluding carboxylic acids is 2. The molecule has 0 saturated heterocycles. The summed E-state index contributed by atoms with van der Waals surface area (Å²) in [5, 5.41) is 6.76. The fourth-order valence-corrected chi connectivity index (χ4v) is 10.9. The molecule has 1 aromatic rings. The van der Waals surface area contributed by atoms with Gasteiger partial charge >= 0.3 is 0 Å². The quantitative estimate of drug-likeness (QED) is 0.682. The maximum atomic E-state index is 13.1. The van der Waals surface area contributed by atoms with Gasteiger partial charge in [0.1, 0.15) is 11.4 Å². The van der Waals surface area contributed by atoms with E-state index in [9.17, 15) is 9.59 Å². The largest absolute Gasteiger partial charge is 0.345 e. The van der Waals surface area contributed by atoms with Crippen molar-refractivity contribution in [3.8, 4) is 0 Å². The Morgan fingerprint density at radius 1 is 0.676 bits per heavy atom. The second kappa shape index (κ2) is 6.82. The molecule has 2 amide bonds. The fraction of sp³-hybridized carbons (Fsp3) is 0.786. The molecule has 0 aromatic carbocycles. The summed E-state index contributed by atoms with van der Waals surface area (Å²) in [4.78, 5) is 35.0. The van der Waals surface area contributed by atoms with Crippen LogP contribution in [0.4, 0.5) is 0 Å². The highest BCUT2D eigenvalue weighted by molar-refractivity contribution is 5.95. The van der Waals surface area contributed by atoms with Crippen LogP contribution in [0.25, 0.3) is 0 Å². The Bertz CT molecular complexity index is 938. The first-order chi connectivity index (χ1) is 16.1. The van der Waals surface area contributed by atoms with Crippen LogP contribution in [0.5, 0.6) is 0 Å². The Labute approximate surface area is 202 Å². The van der Waals surface area contributed by atoms with Crippen molar-refractivity contribution in [3.63, 3.8) is 0 Å². The molecule has 0 aliphatic heterocycles. The lowest BCUT2D eigenvalue weighted by molar-refractivity contribution is -0.0686. The molecule has 0 spiro atoms. The Hall–Kier alpha value is -1.98. The van der Waals surface area contributed by atoms with Crippen LogP contribution in [0.2, 0.25) is 0 Å². The van der Waals surface area contributed by atoms with E-state index in [2.05, 4.69) is 34.4 Å². The number of hydrogen-bond donors (Lipinski definition) is 2. The average molecular weight is 463 g/mol. The van der Waals surface area contributed by atoms with Crippen molar-refractivity contribution in [1.29, 1.82) is 0 Å². The lowest BCUT2D eigenvalue weighted by atomic mass is 9.47. The van der Waals surface area contributed by atoms with Gasteiger partial charge < -0.3 is 10.6 Å². The average Bonchev–Trinajstić information content (AvgIpc) is 2.69. The van der Waals surface area contributed by atoms with Gasteiger partial charge in [0.25, 0.3) is 11.8 Å². The predicted molar refractivity (Wildman–Crippen MR) is 128 cm³/mol. The van der Waals surface area contributed by atoms with Crippen molar-refractivity contribution in [1.82, 2.24) is 20.6 Å². The van der Waals surface area contributed by atoms with Crippen LogP contribution in [0.1, 0.15) is 112 Å². The highest BCUT2D eigenvalue weighted by atomic mass is 16.2. The normalized spacial score (nSPS) is 47.6. The maximum Gasteiger partial charge on any atom is 0.271 e. The first kappa shape index (κ1) is 21.3. The van der Waals surface area contributed by atoms with Gasteiger partial charge in [0.05, 0.1) is 12.4 Å². The van der Waals surface area contributed by atoms with E-state index in [1.165, 1.54) is 50.9 Å². The summed E-state index contributed by atoms with van der Waals surface area (Å²) in [5.74, 6) is 2.70. The molecule has 1 heterocycles.